The van der Waals surface area contributed by atoms with Crippen molar-refractivity contribution < 1.29 is 27.5 Å². The van der Waals surface area contributed by atoms with E-state index in [1.807, 2.05) is 0 Å². The molecule has 1 aromatic heterocycles. The summed E-state index contributed by atoms with van der Waals surface area (Å²) in [5, 5.41) is 8.97. The van der Waals surface area contributed by atoms with E-state index in [1.54, 1.807) is 24.3 Å². The molecule has 0 radical (unpaired) electrons. The van der Waals surface area contributed by atoms with Gasteiger partial charge in [0.15, 0.2) is 0 Å². The van der Waals surface area contributed by atoms with Crippen molar-refractivity contribution in [1.82, 2.24) is 0 Å². The number of aromatic carboxylic acids is 1. The Kier molecular flexibility index (Phi) is 5.24. The molecule has 27 heavy (non-hydrogen) atoms. The maximum atomic E-state index is 12.6. The Morgan fingerprint density at radius 1 is 1.11 bits per heavy atom. The molecule has 7 nitrogen and oxygen atoms in total. The van der Waals surface area contributed by atoms with E-state index in [1.165, 1.54) is 37.4 Å². The van der Waals surface area contributed by atoms with Crippen LogP contribution in [0, 0.1) is 0 Å². The highest BCUT2D eigenvalue weighted by atomic mass is 79.9. The van der Waals surface area contributed by atoms with Crippen molar-refractivity contribution in [2.75, 3.05) is 11.8 Å². The summed E-state index contributed by atoms with van der Waals surface area (Å²) in [6.07, 6.45) is 0. The number of sulfonamides is 1. The first-order valence-electron chi connectivity index (χ1n) is 7.60. The summed E-state index contributed by atoms with van der Waals surface area (Å²) in [7, 11) is -2.43. The van der Waals surface area contributed by atoms with Crippen LogP contribution in [0.5, 0.6) is 5.75 Å². The molecular formula is C18H14BrNO6S. The quantitative estimate of drug-likeness (QED) is 0.580. The molecule has 0 saturated carbocycles. The summed E-state index contributed by atoms with van der Waals surface area (Å²) in [5.74, 6) is -0.799. The SMILES string of the molecule is COc1ccc(-c2ccc(C(=O)O)o2)cc1NS(=O)(=O)c1ccc(Br)cc1. The van der Waals surface area contributed by atoms with Crippen LogP contribution < -0.4 is 9.46 Å². The van der Waals surface area contributed by atoms with E-state index in [-0.39, 0.29) is 16.3 Å². The van der Waals surface area contributed by atoms with Gasteiger partial charge in [-0.05, 0) is 54.6 Å². The lowest BCUT2D eigenvalue weighted by Crippen LogP contribution is -2.13. The van der Waals surface area contributed by atoms with Crippen LogP contribution in [0.2, 0.25) is 0 Å². The number of rotatable bonds is 6. The Morgan fingerprint density at radius 3 is 2.41 bits per heavy atom. The van der Waals surface area contributed by atoms with Gasteiger partial charge in [-0.3, -0.25) is 4.72 Å². The van der Waals surface area contributed by atoms with Crippen LogP contribution in [0.15, 0.2) is 68.4 Å². The predicted octanol–water partition coefficient (Wildman–Crippen LogP) is 4.22. The molecule has 1 heterocycles. The Morgan fingerprint density at radius 2 is 1.81 bits per heavy atom. The van der Waals surface area contributed by atoms with Gasteiger partial charge in [-0.15, -0.1) is 0 Å². The fraction of sp³-hybridized carbons (Fsp3) is 0.0556. The highest BCUT2D eigenvalue weighted by Gasteiger charge is 2.18. The minimum absolute atomic E-state index is 0.0873. The number of hydrogen-bond donors (Lipinski definition) is 2. The third kappa shape index (κ3) is 4.15. The summed E-state index contributed by atoms with van der Waals surface area (Å²) >= 11 is 3.26. The molecule has 2 aromatic carbocycles. The summed E-state index contributed by atoms with van der Waals surface area (Å²) < 4.78 is 39.0. The fourth-order valence-electron chi connectivity index (χ4n) is 2.37. The Hall–Kier alpha value is -2.78. The molecule has 0 aliphatic carbocycles. The minimum Gasteiger partial charge on any atom is -0.495 e. The first-order valence-corrected chi connectivity index (χ1v) is 9.88. The summed E-state index contributed by atoms with van der Waals surface area (Å²) in [6.45, 7) is 0. The lowest BCUT2D eigenvalue weighted by atomic mass is 10.1. The number of carboxylic acids is 1. The van der Waals surface area contributed by atoms with E-state index in [2.05, 4.69) is 20.7 Å². The molecule has 0 aliphatic heterocycles. The van der Waals surface area contributed by atoms with E-state index >= 15 is 0 Å². The molecule has 0 unspecified atom stereocenters. The Bertz CT molecular complexity index is 1090. The average molecular weight is 452 g/mol. The number of ether oxygens (including phenoxy) is 1. The summed E-state index contributed by atoms with van der Waals surface area (Å²) in [6, 6.07) is 13.7. The second-order valence-corrected chi connectivity index (χ2v) is 8.04. The van der Waals surface area contributed by atoms with Crippen molar-refractivity contribution in [3.05, 3.63) is 64.8 Å². The van der Waals surface area contributed by atoms with Gasteiger partial charge in [-0.25, -0.2) is 13.2 Å². The molecule has 0 aliphatic rings. The number of furan rings is 1. The number of nitrogens with one attached hydrogen (secondary N) is 1. The van der Waals surface area contributed by atoms with Gasteiger partial charge in [-0.2, -0.15) is 0 Å². The number of benzene rings is 2. The van der Waals surface area contributed by atoms with Gasteiger partial charge in [0.2, 0.25) is 5.76 Å². The standard InChI is InChI=1S/C18H14BrNO6S/c1-25-16-7-2-11(15-8-9-17(26-15)18(21)22)10-14(16)20-27(23,24)13-5-3-12(19)4-6-13/h2-10,20H,1H3,(H,21,22). The predicted molar refractivity (Wildman–Crippen MR) is 103 cm³/mol. The van der Waals surface area contributed by atoms with Gasteiger partial charge in [-0.1, -0.05) is 15.9 Å². The average Bonchev–Trinajstić information content (AvgIpc) is 3.12. The van der Waals surface area contributed by atoms with Crippen molar-refractivity contribution in [3.63, 3.8) is 0 Å². The van der Waals surface area contributed by atoms with E-state index in [0.717, 1.165) is 4.47 Å². The number of methoxy groups -OCH3 is 1. The molecule has 0 fully saturated rings. The molecule has 0 atom stereocenters. The van der Waals surface area contributed by atoms with Crippen molar-refractivity contribution in [2.45, 2.75) is 4.90 Å². The zero-order valence-corrected chi connectivity index (χ0v) is 16.4. The molecule has 0 amide bonds. The molecule has 9 heteroatoms. The van der Waals surface area contributed by atoms with E-state index < -0.39 is 16.0 Å². The zero-order valence-electron chi connectivity index (χ0n) is 14.0. The zero-order chi connectivity index (χ0) is 19.6. The lowest BCUT2D eigenvalue weighted by Gasteiger charge is -2.13. The molecule has 0 saturated heterocycles. The molecular weight excluding hydrogens is 438 g/mol. The van der Waals surface area contributed by atoms with E-state index in [4.69, 9.17) is 14.3 Å². The third-order valence-electron chi connectivity index (χ3n) is 3.67. The number of carboxylic acid groups (broad SMARTS) is 1. The number of anilines is 1. The molecule has 2 N–H and O–H groups in total. The van der Waals surface area contributed by atoms with E-state index in [0.29, 0.717) is 17.1 Å². The molecule has 3 rings (SSSR count). The molecule has 140 valence electrons. The Labute approximate surface area is 163 Å². The van der Waals surface area contributed by atoms with Crippen LogP contribution in [-0.4, -0.2) is 26.6 Å². The number of carbonyl (C=O) groups is 1. The highest BCUT2D eigenvalue weighted by Crippen LogP contribution is 2.33. The summed E-state index contributed by atoms with van der Waals surface area (Å²) in [5.41, 5.74) is 0.697. The largest absolute Gasteiger partial charge is 0.495 e. The van der Waals surface area contributed by atoms with Crippen LogP contribution in [0.4, 0.5) is 5.69 Å². The van der Waals surface area contributed by atoms with Gasteiger partial charge in [0.1, 0.15) is 11.5 Å². The van der Waals surface area contributed by atoms with Crippen LogP contribution in [0.3, 0.4) is 0 Å². The topological polar surface area (TPSA) is 106 Å². The molecule has 0 bridgehead atoms. The van der Waals surface area contributed by atoms with Crippen LogP contribution in [0.25, 0.3) is 11.3 Å². The van der Waals surface area contributed by atoms with Crippen molar-refractivity contribution in [3.8, 4) is 17.1 Å². The summed E-state index contributed by atoms with van der Waals surface area (Å²) in [4.78, 5) is 11.1. The van der Waals surface area contributed by atoms with Gasteiger partial charge in [0.25, 0.3) is 10.0 Å². The fourth-order valence-corrected chi connectivity index (χ4v) is 3.69. The molecule has 0 spiro atoms. The van der Waals surface area contributed by atoms with Gasteiger partial charge in [0, 0.05) is 10.0 Å². The van der Waals surface area contributed by atoms with Crippen molar-refractivity contribution >= 4 is 37.6 Å². The van der Waals surface area contributed by atoms with E-state index in [9.17, 15) is 13.2 Å². The van der Waals surface area contributed by atoms with Crippen LogP contribution in [-0.2, 0) is 10.0 Å². The van der Waals surface area contributed by atoms with Gasteiger partial charge >= 0.3 is 5.97 Å². The van der Waals surface area contributed by atoms with Gasteiger partial charge in [0.05, 0.1) is 17.7 Å². The second kappa shape index (κ2) is 7.45. The maximum absolute atomic E-state index is 12.6. The normalized spacial score (nSPS) is 11.2. The minimum atomic E-state index is -3.85. The Balaban J connectivity index is 1.98. The van der Waals surface area contributed by atoms with Crippen molar-refractivity contribution in [1.29, 1.82) is 0 Å². The van der Waals surface area contributed by atoms with Crippen LogP contribution in [0.1, 0.15) is 10.6 Å². The second-order valence-electron chi connectivity index (χ2n) is 5.44. The van der Waals surface area contributed by atoms with Crippen LogP contribution >= 0.6 is 15.9 Å². The smallest absolute Gasteiger partial charge is 0.371 e. The maximum Gasteiger partial charge on any atom is 0.371 e. The first-order chi connectivity index (χ1) is 12.8. The third-order valence-corrected chi connectivity index (χ3v) is 5.58. The highest BCUT2D eigenvalue weighted by molar-refractivity contribution is 9.10. The first kappa shape index (κ1) is 19.0. The van der Waals surface area contributed by atoms with Gasteiger partial charge < -0.3 is 14.3 Å². The monoisotopic (exact) mass is 451 g/mol. The van der Waals surface area contributed by atoms with Crippen molar-refractivity contribution in [2.24, 2.45) is 0 Å². The number of hydrogen-bond acceptors (Lipinski definition) is 5. The number of halogens is 1. The molecule has 3 aromatic rings. The lowest BCUT2D eigenvalue weighted by molar-refractivity contribution is 0.0663.